The molecule has 0 aromatic rings. The molecular weight excluding hydrogens is 320 g/mol. The highest BCUT2D eigenvalue weighted by molar-refractivity contribution is 6.41. The van der Waals surface area contributed by atoms with Gasteiger partial charge in [-0.25, -0.2) is 0 Å². The third kappa shape index (κ3) is 9.35. The second-order valence-electron chi connectivity index (χ2n) is 5.53. The van der Waals surface area contributed by atoms with Gasteiger partial charge in [0.15, 0.2) is 0 Å². The Bertz CT molecular complexity index is 394. The Balaban J connectivity index is 0. The monoisotopic (exact) mass is 337 g/mol. The molecule has 10 heteroatoms. The highest BCUT2D eigenvalue weighted by Gasteiger charge is 2.54. The predicted octanol–water partition coefficient (Wildman–Crippen LogP) is 2.81. The molecule has 0 bridgehead atoms. The van der Waals surface area contributed by atoms with Crippen LogP contribution in [0.3, 0.4) is 0 Å². The lowest BCUT2D eigenvalue weighted by Crippen LogP contribution is -2.39. The highest BCUT2D eigenvalue weighted by atomic mass is 19.4. The first-order valence-electron chi connectivity index (χ1n) is 5.94. The topological polar surface area (TPSA) is 63.2 Å². The van der Waals surface area contributed by atoms with Gasteiger partial charge in [-0.3, -0.25) is 14.4 Å². The average Bonchev–Trinajstić information content (AvgIpc) is 2.23. The van der Waals surface area contributed by atoms with Crippen LogP contribution in [0.4, 0.5) is 26.3 Å². The van der Waals surface area contributed by atoms with E-state index in [4.69, 9.17) is 0 Å². The van der Waals surface area contributed by atoms with Crippen LogP contribution in [-0.4, -0.2) is 35.9 Å². The Morgan fingerprint density at radius 2 is 1.05 bits per heavy atom. The molecule has 0 aromatic carbocycles. The van der Waals surface area contributed by atoms with Gasteiger partial charge in [-0.1, -0.05) is 20.8 Å². The summed E-state index contributed by atoms with van der Waals surface area (Å²) < 4.78 is 67.0. The smallest absolute Gasteiger partial charge is 0.353 e. The Kier molecular flexibility index (Phi) is 7.82. The van der Waals surface area contributed by atoms with Crippen molar-refractivity contribution in [2.75, 3.05) is 0 Å². The van der Waals surface area contributed by atoms with Crippen LogP contribution < -0.4 is 5.32 Å². The molecule has 0 aliphatic heterocycles. The number of alkyl halides is 6. The number of nitrogens with one attached hydrogen (secondary N) is 1. The largest absolute Gasteiger partial charge is 0.458 e. The summed E-state index contributed by atoms with van der Waals surface area (Å²) in [6, 6.07) is 0.242. The van der Waals surface area contributed by atoms with Crippen LogP contribution >= 0.6 is 0 Å². The summed E-state index contributed by atoms with van der Waals surface area (Å²) in [6.07, 6.45) is -11.5. The van der Waals surface area contributed by atoms with Crippen molar-refractivity contribution in [3.63, 3.8) is 0 Å². The van der Waals surface area contributed by atoms with Crippen LogP contribution in [0.2, 0.25) is 0 Å². The van der Waals surface area contributed by atoms with Gasteiger partial charge >= 0.3 is 23.9 Å². The molecule has 0 rings (SSSR count). The van der Waals surface area contributed by atoms with Gasteiger partial charge in [0.25, 0.3) is 0 Å². The van der Waals surface area contributed by atoms with Gasteiger partial charge in [0.05, 0.1) is 0 Å². The van der Waals surface area contributed by atoms with E-state index < -0.39 is 23.9 Å². The number of amides is 1. The molecule has 0 fully saturated rings. The zero-order valence-electron chi connectivity index (χ0n) is 12.6. The SMILES string of the molecule is CC(C)NC(=O)C(C)(C)C.O=C(C(=O)C(F)(F)F)C(F)(F)F. The van der Waals surface area contributed by atoms with Crippen LogP contribution in [0.1, 0.15) is 34.6 Å². The second kappa shape index (κ2) is 7.59. The number of Topliss-reactive ketones (excluding diaryl/α,β-unsaturated/α-hetero) is 2. The number of ketones is 2. The first kappa shape index (κ1) is 22.7. The first-order valence-corrected chi connectivity index (χ1v) is 5.94. The normalized spacial score (nSPS) is 12.4. The fourth-order valence-electron chi connectivity index (χ4n) is 0.736. The molecule has 0 unspecified atom stereocenters. The fraction of sp³-hybridized carbons (Fsp3) is 0.750. The summed E-state index contributed by atoms with van der Waals surface area (Å²) in [5.41, 5.74) is -0.260. The summed E-state index contributed by atoms with van der Waals surface area (Å²) in [7, 11) is 0. The highest BCUT2D eigenvalue weighted by Crippen LogP contribution is 2.24. The summed E-state index contributed by atoms with van der Waals surface area (Å²) >= 11 is 0. The quantitative estimate of drug-likeness (QED) is 0.622. The standard InChI is InChI=1S/C8H17NO.C4F6O2/c1-6(2)9-7(10)8(3,4)5;5-3(6,7)1(11)2(12)4(8,9)10/h6H,1-5H3,(H,9,10);. The Morgan fingerprint density at radius 1 is 0.773 bits per heavy atom. The van der Waals surface area contributed by atoms with E-state index >= 15 is 0 Å². The van der Waals surface area contributed by atoms with Crippen molar-refractivity contribution in [3.05, 3.63) is 0 Å². The lowest BCUT2D eigenvalue weighted by molar-refractivity contribution is -0.193. The molecule has 130 valence electrons. The van der Waals surface area contributed by atoms with Crippen molar-refractivity contribution < 1.29 is 40.7 Å². The molecule has 0 radical (unpaired) electrons. The summed E-state index contributed by atoms with van der Waals surface area (Å²) in [6.45, 7) is 9.65. The van der Waals surface area contributed by atoms with E-state index in [0.717, 1.165) is 0 Å². The van der Waals surface area contributed by atoms with Crippen LogP contribution in [0, 0.1) is 5.41 Å². The van der Waals surface area contributed by atoms with E-state index in [1.54, 1.807) is 0 Å². The number of carbonyl (C=O) groups is 3. The van der Waals surface area contributed by atoms with Crippen LogP contribution in [-0.2, 0) is 14.4 Å². The van der Waals surface area contributed by atoms with Crippen LogP contribution in [0.15, 0.2) is 0 Å². The summed E-state index contributed by atoms with van der Waals surface area (Å²) in [5, 5.41) is 2.84. The van der Waals surface area contributed by atoms with Crippen molar-refractivity contribution in [2.45, 2.75) is 53.0 Å². The third-order valence-corrected chi connectivity index (χ3v) is 1.82. The van der Waals surface area contributed by atoms with Crippen molar-refractivity contribution in [1.82, 2.24) is 5.32 Å². The maximum Gasteiger partial charge on any atom is 0.458 e. The number of hydrogen-bond donors (Lipinski definition) is 1. The molecule has 0 atom stereocenters. The lowest BCUT2D eigenvalue weighted by Gasteiger charge is -2.19. The average molecular weight is 337 g/mol. The fourth-order valence-corrected chi connectivity index (χ4v) is 0.736. The first-order chi connectivity index (χ1) is 9.40. The molecular formula is C12H17F6NO3. The molecule has 0 saturated heterocycles. The summed E-state index contributed by atoms with van der Waals surface area (Å²) in [4.78, 5) is 30.4. The molecule has 0 aromatic heterocycles. The molecule has 0 saturated carbocycles. The van der Waals surface area contributed by atoms with E-state index in [-0.39, 0.29) is 17.4 Å². The molecule has 0 aliphatic rings. The van der Waals surface area contributed by atoms with Gasteiger partial charge in [0, 0.05) is 11.5 Å². The van der Waals surface area contributed by atoms with Gasteiger partial charge in [0.1, 0.15) is 0 Å². The minimum absolute atomic E-state index is 0.113. The van der Waals surface area contributed by atoms with Crippen molar-refractivity contribution >= 4 is 17.5 Å². The molecule has 0 heterocycles. The van der Waals surface area contributed by atoms with Gasteiger partial charge in [-0.15, -0.1) is 0 Å². The maximum absolute atomic E-state index is 11.2. The van der Waals surface area contributed by atoms with Crippen molar-refractivity contribution in [1.29, 1.82) is 0 Å². The Labute approximate surface area is 123 Å². The number of rotatable bonds is 2. The molecule has 4 nitrogen and oxygen atoms in total. The second-order valence-corrected chi connectivity index (χ2v) is 5.53. The number of hydrogen-bond acceptors (Lipinski definition) is 3. The van der Waals surface area contributed by atoms with E-state index in [1.165, 1.54) is 0 Å². The van der Waals surface area contributed by atoms with Gasteiger partial charge < -0.3 is 5.32 Å². The zero-order valence-corrected chi connectivity index (χ0v) is 12.6. The van der Waals surface area contributed by atoms with Crippen molar-refractivity contribution in [2.24, 2.45) is 5.41 Å². The van der Waals surface area contributed by atoms with Crippen LogP contribution in [0.5, 0.6) is 0 Å². The van der Waals surface area contributed by atoms with Gasteiger partial charge in [-0.2, -0.15) is 26.3 Å². The zero-order chi connectivity index (χ0) is 18.5. The predicted molar refractivity (Wildman–Crippen MR) is 64.9 cm³/mol. The minimum Gasteiger partial charge on any atom is -0.353 e. The molecule has 22 heavy (non-hydrogen) atoms. The van der Waals surface area contributed by atoms with Crippen LogP contribution in [0.25, 0.3) is 0 Å². The molecule has 1 amide bonds. The van der Waals surface area contributed by atoms with E-state index in [1.807, 2.05) is 34.6 Å². The maximum atomic E-state index is 11.2. The van der Waals surface area contributed by atoms with E-state index in [2.05, 4.69) is 5.32 Å². The Hall–Kier alpha value is -1.61. The minimum atomic E-state index is -5.77. The summed E-state index contributed by atoms with van der Waals surface area (Å²) in [5.74, 6) is -6.70. The number of halogens is 6. The van der Waals surface area contributed by atoms with Gasteiger partial charge in [0.2, 0.25) is 5.91 Å². The molecule has 0 spiro atoms. The molecule has 0 aliphatic carbocycles. The molecule has 1 N–H and O–H groups in total. The number of carbonyl (C=O) groups excluding carboxylic acids is 3. The van der Waals surface area contributed by atoms with Gasteiger partial charge in [-0.05, 0) is 13.8 Å². The van der Waals surface area contributed by atoms with E-state index in [0.29, 0.717) is 0 Å². The third-order valence-electron chi connectivity index (χ3n) is 1.82. The lowest BCUT2D eigenvalue weighted by atomic mass is 9.95. The van der Waals surface area contributed by atoms with E-state index in [9.17, 15) is 40.7 Å². The van der Waals surface area contributed by atoms with Crippen molar-refractivity contribution in [3.8, 4) is 0 Å². The Morgan fingerprint density at radius 3 is 1.14 bits per heavy atom.